The lowest BCUT2D eigenvalue weighted by Crippen LogP contribution is -2.48. The highest BCUT2D eigenvalue weighted by atomic mass is 35.5. The molecule has 1 fully saturated rings. The van der Waals surface area contributed by atoms with Gasteiger partial charge in [-0.1, -0.05) is 11.6 Å². The molecule has 1 aliphatic rings. The van der Waals surface area contributed by atoms with Gasteiger partial charge in [-0.05, 0) is 36.4 Å². The van der Waals surface area contributed by atoms with Crippen molar-refractivity contribution in [3.8, 4) is 16.9 Å². The molecule has 3 aromatic rings. The van der Waals surface area contributed by atoms with Crippen molar-refractivity contribution in [1.29, 1.82) is 0 Å². The third-order valence-corrected chi connectivity index (χ3v) is 6.99. The number of piperazine rings is 1. The standard InChI is InChI=1S/C23H19ClF3N3O4S/c24-14-2-4-18(32)16(10-14)20-15-9-13(23(25,26)27)1-3-17(15)28-22(34)21(20)35-11-19(33)30-7-5-29(12-31)6-8-30/h1-4,9-10,12,32H,5-8,11H2,(H,28,34). The van der Waals surface area contributed by atoms with Gasteiger partial charge in [-0.2, -0.15) is 13.2 Å². The second kappa shape index (κ2) is 9.82. The van der Waals surface area contributed by atoms with E-state index in [1.54, 1.807) is 9.80 Å². The number of fused-ring (bicyclic) bond motifs is 1. The van der Waals surface area contributed by atoms with Crippen LogP contribution in [-0.4, -0.2) is 64.1 Å². The number of aromatic nitrogens is 1. The lowest BCUT2D eigenvalue weighted by Gasteiger charge is -2.32. The number of halogens is 4. The maximum Gasteiger partial charge on any atom is 0.416 e. The van der Waals surface area contributed by atoms with E-state index < -0.39 is 17.3 Å². The first-order valence-corrected chi connectivity index (χ1v) is 11.8. The van der Waals surface area contributed by atoms with Gasteiger partial charge in [0.2, 0.25) is 12.3 Å². The van der Waals surface area contributed by atoms with Crippen LogP contribution >= 0.6 is 23.4 Å². The van der Waals surface area contributed by atoms with Gasteiger partial charge in [0.1, 0.15) is 5.75 Å². The molecule has 1 aromatic heterocycles. The number of phenols is 1. The molecule has 2 amide bonds. The van der Waals surface area contributed by atoms with Crippen LogP contribution in [-0.2, 0) is 15.8 Å². The SMILES string of the molecule is O=CN1CCN(C(=O)CSc2c(-c3cc(Cl)ccc3O)c3cc(C(F)(F)F)ccc3[nH]c2=O)CC1. The Balaban J connectivity index is 1.79. The van der Waals surface area contributed by atoms with Crippen molar-refractivity contribution in [1.82, 2.24) is 14.8 Å². The van der Waals surface area contributed by atoms with Crippen molar-refractivity contribution in [2.45, 2.75) is 11.1 Å². The van der Waals surface area contributed by atoms with E-state index in [0.29, 0.717) is 32.6 Å². The molecular formula is C23H19ClF3N3O4S. The fraction of sp³-hybridized carbons (Fsp3) is 0.261. The fourth-order valence-electron chi connectivity index (χ4n) is 3.87. The number of nitrogens with zero attached hydrogens (tertiary/aromatic N) is 2. The first-order valence-electron chi connectivity index (χ1n) is 10.4. The highest BCUT2D eigenvalue weighted by Gasteiger charge is 2.31. The number of aromatic hydroxyl groups is 1. The number of pyridine rings is 1. The third kappa shape index (κ3) is 5.25. The number of hydrogen-bond donors (Lipinski definition) is 2. The number of benzene rings is 2. The van der Waals surface area contributed by atoms with E-state index in [2.05, 4.69) is 4.98 Å². The van der Waals surface area contributed by atoms with Crippen LogP contribution in [0, 0.1) is 0 Å². The smallest absolute Gasteiger partial charge is 0.416 e. The summed E-state index contributed by atoms with van der Waals surface area (Å²) in [6, 6.07) is 6.95. The van der Waals surface area contributed by atoms with Crippen molar-refractivity contribution >= 4 is 46.6 Å². The molecule has 1 aliphatic heterocycles. The van der Waals surface area contributed by atoms with Crippen molar-refractivity contribution in [3.63, 3.8) is 0 Å². The monoisotopic (exact) mass is 525 g/mol. The zero-order valence-corrected chi connectivity index (χ0v) is 19.6. The largest absolute Gasteiger partial charge is 0.507 e. The zero-order chi connectivity index (χ0) is 25.3. The zero-order valence-electron chi connectivity index (χ0n) is 18.1. The van der Waals surface area contributed by atoms with Gasteiger partial charge < -0.3 is 19.9 Å². The Morgan fingerprint density at radius 3 is 2.51 bits per heavy atom. The number of carbonyl (C=O) groups excluding carboxylic acids is 2. The van der Waals surface area contributed by atoms with Crippen LogP contribution in [0.2, 0.25) is 5.02 Å². The molecule has 0 saturated carbocycles. The van der Waals surface area contributed by atoms with Crippen LogP contribution in [0.15, 0.2) is 46.1 Å². The summed E-state index contributed by atoms with van der Waals surface area (Å²) in [6.45, 7) is 1.45. The first kappa shape index (κ1) is 24.9. The van der Waals surface area contributed by atoms with E-state index in [0.717, 1.165) is 30.0 Å². The second-order valence-electron chi connectivity index (χ2n) is 7.89. The molecule has 1 saturated heterocycles. The van der Waals surface area contributed by atoms with Crippen LogP contribution in [0.5, 0.6) is 5.75 Å². The topological polar surface area (TPSA) is 93.7 Å². The number of rotatable bonds is 5. The number of thioether (sulfide) groups is 1. The minimum absolute atomic E-state index is 0.0192. The molecule has 4 rings (SSSR count). The van der Waals surface area contributed by atoms with E-state index in [1.807, 2.05) is 0 Å². The Morgan fingerprint density at radius 1 is 1.14 bits per heavy atom. The normalized spacial score (nSPS) is 14.4. The van der Waals surface area contributed by atoms with Crippen LogP contribution in [0.1, 0.15) is 5.56 Å². The first-order chi connectivity index (χ1) is 16.6. The summed E-state index contributed by atoms with van der Waals surface area (Å²) in [7, 11) is 0. The van der Waals surface area contributed by atoms with E-state index >= 15 is 0 Å². The number of alkyl halides is 3. The highest BCUT2D eigenvalue weighted by molar-refractivity contribution is 8.00. The number of carbonyl (C=O) groups is 2. The lowest BCUT2D eigenvalue weighted by atomic mass is 9.98. The van der Waals surface area contributed by atoms with Crippen molar-refractivity contribution in [3.05, 3.63) is 57.3 Å². The number of H-pyrrole nitrogens is 1. The average molecular weight is 526 g/mol. The molecule has 2 heterocycles. The third-order valence-electron chi connectivity index (χ3n) is 5.68. The summed E-state index contributed by atoms with van der Waals surface area (Å²) in [4.78, 5) is 42.3. The summed E-state index contributed by atoms with van der Waals surface area (Å²) >= 11 is 6.96. The van der Waals surface area contributed by atoms with Crippen molar-refractivity contribution < 1.29 is 27.9 Å². The fourth-order valence-corrected chi connectivity index (χ4v) is 5.04. The minimum atomic E-state index is -4.63. The van der Waals surface area contributed by atoms with Gasteiger partial charge in [0.25, 0.3) is 5.56 Å². The Labute approximate surface area is 206 Å². The molecule has 7 nitrogen and oxygen atoms in total. The average Bonchev–Trinajstić information content (AvgIpc) is 2.83. The Kier molecular flexibility index (Phi) is 7.00. The van der Waals surface area contributed by atoms with Crippen LogP contribution in [0.3, 0.4) is 0 Å². The molecule has 35 heavy (non-hydrogen) atoms. The predicted octanol–water partition coefficient (Wildman–Crippen LogP) is 3.97. The Bertz CT molecular complexity index is 1350. The second-order valence-corrected chi connectivity index (χ2v) is 9.31. The van der Waals surface area contributed by atoms with E-state index in [1.165, 1.54) is 18.2 Å². The molecule has 0 aliphatic carbocycles. The quantitative estimate of drug-likeness (QED) is 0.388. The molecule has 0 atom stereocenters. The molecular weight excluding hydrogens is 507 g/mol. The van der Waals surface area contributed by atoms with Gasteiger partial charge in [-0.25, -0.2) is 0 Å². The number of phenolic OH excluding ortho intramolecular Hbond substituents is 1. The molecule has 0 bridgehead atoms. The van der Waals surface area contributed by atoms with Gasteiger partial charge in [0, 0.05) is 53.2 Å². The molecule has 0 spiro atoms. The molecule has 184 valence electrons. The summed E-state index contributed by atoms with van der Waals surface area (Å²) in [5, 5.41) is 10.8. The lowest BCUT2D eigenvalue weighted by molar-refractivity contribution is -0.137. The van der Waals surface area contributed by atoms with Gasteiger partial charge in [-0.15, -0.1) is 11.8 Å². The number of hydrogen-bond acceptors (Lipinski definition) is 5. The van der Waals surface area contributed by atoms with Crippen LogP contribution in [0.25, 0.3) is 22.0 Å². The maximum absolute atomic E-state index is 13.5. The molecule has 0 unspecified atom stereocenters. The van der Waals surface area contributed by atoms with Gasteiger partial charge in [0.15, 0.2) is 0 Å². The summed E-state index contributed by atoms with van der Waals surface area (Å²) in [5.74, 6) is -0.731. The highest BCUT2D eigenvalue weighted by Crippen LogP contribution is 2.42. The predicted molar refractivity (Wildman–Crippen MR) is 127 cm³/mol. The van der Waals surface area contributed by atoms with Crippen LogP contribution in [0.4, 0.5) is 13.2 Å². The molecule has 2 N–H and O–H groups in total. The van der Waals surface area contributed by atoms with Crippen molar-refractivity contribution in [2.24, 2.45) is 0 Å². The number of nitrogens with one attached hydrogen (secondary N) is 1. The van der Waals surface area contributed by atoms with Gasteiger partial charge >= 0.3 is 6.18 Å². The van der Waals surface area contributed by atoms with Gasteiger partial charge in [0.05, 0.1) is 16.2 Å². The summed E-state index contributed by atoms with van der Waals surface area (Å²) in [5.41, 5.74) is -1.28. The Hall–Kier alpha value is -3.18. The van der Waals surface area contributed by atoms with E-state index in [-0.39, 0.29) is 49.4 Å². The van der Waals surface area contributed by atoms with E-state index in [9.17, 15) is 32.7 Å². The van der Waals surface area contributed by atoms with Crippen molar-refractivity contribution in [2.75, 3.05) is 31.9 Å². The minimum Gasteiger partial charge on any atom is -0.507 e. The van der Waals surface area contributed by atoms with Crippen LogP contribution < -0.4 is 5.56 Å². The maximum atomic E-state index is 13.5. The van der Waals surface area contributed by atoms with E-state index in [4.69, 9.17) is 11.6 Å². The molecule has 2 aromatic carbocycles. The molecule has 12 heteroatoms. The Morgan fingerprint density at radius 2 is 1.86 bits per heavy atom. The number of aromatic amines is 1. The van der Waals surface area contributed by atoms with Gasteiger partial charge in [-0.3, -0.25) is 14.4 Å². The summed E-state index contributed by atoms with van der Waals surface area (Å²) < 4.78 is 40.4. The summed E-state index contributed by atoms with van der Waals surface area (Å²) in [6.07, 6.45) is -3.92. The molecule has 0 radical (unpaired) electrons. The number of amides is 2.